The first kappa shape index (κ1) is 19.9. The van der Waals surface area contributed by atoms with Crippen LogP contribution in [0, 0.1) is 0 Å². The molecule has 1 unspecified atom stereocenters. The van der Waals surface area contributed by atoms with E-state index < -0.39 is 17.3 Å². The van der Waals surface area contributed by atoms with Gasteiger partial charge in [-0.25, -0.2) is 4.98 Å². The van der Waals surface area contributed by atoms with Gasteiger partial charge >= 0.3 is 6.18 Å². The van der Waals surface area contributed by atoms with E-state index in [0.717, 1.165) is 17.7 Å². The molecule has 1 N–H and O–H groups in total. The van der Waals surface area contributed by atoms with E-state index in [2.05, 4.69) is 4.98 Å². The number of aromatic nitrogens is 2. The molecule has 152 valence electrons. The van der Waals surface area contributed by atoms with Crippen molar-refractivity contribution in [2.75, 3.05) is 0 Å². The fraction of sp³-hybridized carbons (Fsp3) is 0.125. The number of nitrogens with zero attached hydrogens (tertiary/aromatic N) is 2. The Kier molecular flexibility index (Phi) is 5.18. The van der Waals surface area contributed by atoms with Gasteiger partial charge < -0.3 is 9.67 Å². The van der Waals surface area contributed by atoms with Crippen LogP contribution < -0.4 is 0 Å². The first-order valence-corrected chi connectivity index (χ1v) is 9.40. The van der Waals surface area contributed by atoms with Crippen molar-refractivity contribution in [3.05, 3.63) is 125 Å². The molecule has 3 nitrogen and oxygen atoms in total. The van der Waals surface area contributed by atoms with Crippen LogP contribution in [-0.4, -0.2) is 14.7 Å². The summed E-state index contributed by atoms with van der Waals surface area (Å²) < 4.78 is 40.9. The topological polar surface area (TPSA) is 38.1 Å². The van der Waals surface area contributed by atoms with Gasteiger partial charge in [0.1, 0.15) is 0 Å². The molecule has 0 aliphatic rings. The predicted octanol–water partition coefficient (Wildman–Crippen LogP) is 5.23. The molecule has 4 rings (SSSR count). The van der Waals surface area contributed by atoms with Crippen molar-refractivity contribution >= 4 is 0 Å². The first-order chi connectivity index (χ1) is 14.4. The highest BCUT2D eigenvalue weighted by atomic mass is 19.4. The maximum atomic E-state index is 13.0. The van der Waals surface area contributed by atoms with Crippen LogP contribution in [0.3, 0.4) is 0 Å². The summed E-state index contributed by atoms with van der Waals surface area (Å²) in [5, 5.41) is 11.9. The van der Waals surface area contributed by atoms with Crippen LogP contribution in [0.25, 0.3) is 0 Å². The molecule has 0 saturated heterocycles. The Labute approximate surface area is 172 Å². The molecule has 1 heterocycles. The van der Waals surface area contributed by atoms with Crippen molar-refractivity contribution in [2.24, 2.45) is 0 Å². The van der Waals surface area contributed by atoms with Gasteiger partial charge in [-0.05, 0) is 28.8 Å². The molecule has 1 aromatic heterocycles. The lowest BCUT2D eigenvalue weighted by Crippen LogP contribution is -2.33. The fourth-order valence-electron chi connectivity index (χ4n) is 3.54. The van der Waals surface area contributed by atoms with E-state index in [4.69, 9.17) is 0 Å². The molecule has 30 heavy (non-hydrogen) atoms. The molecule has 0 saturated carbocycles. The van der Waals surface area contributed by atoms with Crippen molar-refractivity contribution in [3.63, 3.8) is 0 Å². The first-order valence-electron chi connectivity index (χ1n) is 9.40. The lowest BCUT2D eigenvalue weighted by atomic mass is 9.85. The third kappa shape index (κ3) is 3.74. The highest BCUT2D eigenvalue weighted by Gasteiger charge is 2.39. The monoisotopic (exact) mass is 408 g/mol. The second kappa shape index (κ2) is 7.80. The summed E-state index contributed by atoms with van der Waals surface area (Å²) >= 11 is 0. The Hall–Kier alpha value is -3.38. The van der Waals surface area contributed by atoms with Crippen LogP contribution in [0.1, 0.15) is 28.1 Å². The molecule has 0 aliphatic carbocycles. The van der Waals surface area contributed by atoms with Gasteiger partial charge in [-0.2, -0.15) is 13.2 Å². The molecule has 0 fully saturated rings. The van der Waals surface area contributed by atoms with E-state index in [1.54, 1.807) is 41.2 Å². The quantitative estimate of drug-likeness (QED) is 0.491. The number of rotatable bonds is 5. The normalized spacial score (nSPS) is 13.7. The third-order valence-corrected chi connectivity index (χ3v) is 5.06. The van der Waals surface area contributed by atoms with E-state index in [1.807, 2.05) is 36.4 Å². The minimum absolute atomic E-state index is 0.308. The van der Waals surface area contributed by atoms with Gasteiger partial charge in [0.25, 0.3) is 0 Å². The Morgan fingerprint density at radius 3 is 1.87 bits per heavy atom. The summed E-state index contributed by atoms with van der Waals surface area (Å²) in [6.07, 6.45) is -1.12. The molecule has 6 heteroatoms. The smallest absolute Gasteiger partial charge is 0.373 e. The molecule has 3 aromatic carbocycles. The van der Waals surface area contributed by atoms with Gasteiger partial charge in [-0.1, -0.05) is 72.8 Å². The Bertz CT molecular complexity index is 1110. The molecule has 0 radical (unpaired) electrons. The molecule has 1 atom stereocenters. The van der Waals surface area contributed by atoms with Crippen molar-refractivity contribution in [1.29, 1.82) is 0 Å². The highest BCUT2D eigenvalue weighted by molar-refractivity contribution is 5.44. The van der Waals surface area contributed by atoms with Gasteiger partial charge in [0.05, 0.1) is 5.56 Å². The maximum absolute atomic E-state index is 13.0. The highest BCUT2D eigenvalue weighted by Crippen LogP contribution is 2.37. The van der Waals surface area contributed by atoms with E-state index in [-0.39, 0.29) is 0 Å². The predicted molar refractivity (Wildman–Crippen MR) is 108 cm³/mol. The van der Waals surface area contributed by atoms with Crippen LogP contribution >= 0.6 is 0 Å². The Balaban J connectivity index is 1.84. The summed E-state index contributed by atoms with van der Waals surface area (Å²) in [4.78, 5) is 4.40. The van der Waals surface area contributed by atoms with Crippen molar-refractivity contribution in [1.82, 2.24) is 9.55 Å². The largest absolute Gasteiger partial charge is 0.416 e. The summed E-state index contributed by atoms with van der Waals surface area (Å²) in [7, 11) is 0. The third-order valence-electron chi connectivity index (χ3n) is 5.06. The minimum atomic E-state index is -4.45. The molecular formula is C24H19F3N2O. The molecule has 0 amide bonds. The van der Waals surface area contributed by atoms with Gasteiger partial charge in [0.2, 0.25) is 0 Å². The number of hydrogen-bond acceptors (Lipinski definition) is 2. The molecule has 0 aliphatic heterocycles. The average Bonchev–Trinajstić information content (AvgIpc) is 3.22. The minimum Gasteiger partial charge on any atom is -0.373 e. The summed E-state index contributed by atoms with van der Waals surface area (Å²) in [5.41, 5.74) is -0.648. The van der Waals surface area contributed by atoms with Crippen molar-refractivity contribution < 1.29 is 18.3 Å². The molecular weight excluding hydrogens is 389 g/mol. The Morgan fingerprint density at radius 1 is 0.733 bits per heavy atom. The second-order valence-corrected chi connectivity index (χ2v) is 7.02. The number of hydrogen-bond donors (Lipinski definition) is 1. The SMILES string of the molecule is OC(c1ccccc1)(c1ccc(C(F)(F)F)cc1)c1nccn1Cc1ccccc1. The van der Waals surface area contributed by atoms with Crippen molar-refractivity contribution in [2.45, 2.75) is 18.3 Å². The van der Waals surface area contributed by atoms with Crippen LogP contribution in [0.4, 0.5) is 13.2 Å². The van der Waals surface area contributed by atoms with E-state index >= 15 is 0 Å². The summed E-state index contributed by atoms with van der Waals surface area (Å²) in [6, 6.07) is 23.1. The maximum Gasteiger partial charge on any atom is 0.416 e. The second-order valence-electron chi connectivity index (χ2n) is 7.02. The van der Waals surface area contributed by atoms with Crippen LogP contribution in [0.2, 0.25) is 0 Å². The Morgan fingerprint density at radius 2 is 1.27 bits per heavy atom. The number of benzene rings is 3. The number of alkyl halides is 3. The van der Waals surface area contributed by atoms with E-state index in [1.165, 1.54) is 12.1 Å². The van der Waals surface area contributed by atoms with E-state index in [9.17, 15) is 18.3 Å². The lowest BCUT2D eigenvalue weighted by Gasteiger charge is -2.30. The van der Waals surface area contributed by atoms with Crippen LogP contribution in [0.5, 0.6) is 0 Å². The zero-order valence-electron chi connectivity index (χ0n) is 15.9. The fourth-order valence-corrected chi connectivity index (χ4v) is 3.54. The van der Waals surface area contributed by atoms with Crippen LogP contribution in [0.15, 0.2) is 97.3 Å². The zero-order valence-corrected chi connectivity index (χ0v) is 15.9. The van der Waals surface area contributed by atoms with Crippen LogP contribution in [-0.2, 0) is 18.3 Å². The molecule has 4 aromatic rings. The molecule has 0 bridgehead atoms. The van der Waals surface area contributed by atoms with Gasteiger partial charge in [0, 0.05) is 18.9 Å². The number of aliphatic hydroxyl groups is 1. The van der Waals surface area contributed by atoms with Crippen molar-refractivity contribution in [3.8, 4) is 0 Å². The van der Waals surface area contributed by atoms with Gasteiger partial charge in [-0.15, -0.1) is 0 Å². The summed E-state index contributed by atoms with van der Waals surface area (Å²) in [6.45, 7) is 0.464. The average molecular weight is 408 g/mol. The summed E-state index contributed by atoms with van der Waals surface area (Å²) in [5.74, 6) is 0.331. The van der Waals surface area contributed by atoms with Gasteiger partial charge in [0.15, 0.2) is 11.4 Å². The number of halogens is 3. The zero-order chi connectivity index (χ0) is 21.2. The van der Waals surface area contributed by atoms with Gasteiger partial charge in [-0.3, -0.25) is 0 Å². The standard InChI is InChI=1S/C24H19F3N2O/c25-24(26,27)21-13-11-20(12-14-21)23(30,19-9-5-2-6-10-19)22-28-15-16-29(22)17-18-7-3-1-4-8-18/h1-16,30H,17H2. The lowest BCUT2D eigenvalue weighted by molar-refractivity contribution is -0.137. The van der Waals surface area contributed by atoms with E-state index in [0.29, 0.717) is 23.5 Å². The molecule has 0 spiro atoms. The number of imidazole rings is 1.